The lowest BCUT2D eigenvalue weighted by atomic mass is 10.1. The quantitative estimate of drug-likeness (QED) is 0.288. The highest BCUT2D eigenvalue weighted by Gasteiger charge is 2.12. The first-order valence-electron chi connectivity index (χ1n) is 6.11. The number of halogens is 1. The van der Waals surface area contributed by atoms with Gasteiger partial charge in [0, 0.05) is 30.4 Å². The minimum Gasteiger partial charge on any atom is -0.380 e. The molecule has 1 heterocycles. The number of non-ortho nitro benzene ring substituents is 1. The van der Waals surface area contributed by atoms with Crippen LogP contribution in [0.2, 0.25) is 0 Å². The second-order valence-electron chi connectivity index (χ2n) is 4.41. The second kappa shape index (κ2) is 6.14. The molecular weight excluding hydrogens is 291 g/mol. The van der Waals surface area contributed by atoms with Crippen molar-refractivity contribution in [2.24, 2.45) is 16.7 Å². The molecule has 2 rings (SSSR count). The van der Waals surface area contributed by atoms with E-state index in [-0.39, 0.29) is 17.1 Å². The summed E-state index contributed by atoms with van der Waals surface area (Å²) in [7, 11) is 1.51. The average molecular weight is 304 g/mol. The van der Waals surface area contributed by atoms with Crippen LogP contribution in [0.3, 0.4) is 0 Å². The molecule has 0 bridgehead atoms. The van der Waals surface area contributed by atoms with Gasteiger partial charge in [0.25, 0.3) is 5.69 Å². The number of nitrogens with zero attached hydrogens (tertiary/aromatic N) is 4. The first-order chi connectivity index (χ1) is 10.4. The molecule has 0 saturated carbocycles. The molecule has 0 amide bonds. The molecule has 8 nitrogen and oxygen atoms in total. The summed E-state index contributed by atoms with van der Waals surface area (Å²) in [4.78, 5) is 14.0. The molecule has 0 fully saturated rings. The van der Waals surface area contributed by atoms with Crippen molar-refractivity contribution in [2.45, 2.75) is 0 Å². The Labute approximate surface area is 125 Å². The van der Waals surface area contributed by atoms with Gasteiger partial charge in [-0.15, -0.1) is 5.10 Å². The summed E-state index contributed by atoms with van der Waals surface area (Å²) in [6, 6.07) is 6.56. The smallest absolute Gasteiger partial charge is 0.272 e. The SMILES string of the molecule is CN(N)/N=C(\N)c1ccc(-c2ccc([N+](=O)[O-])cc2F)cn1. The fraction of sp³-hybridized carbons (Fsp3) is 0.0769. The number of amidine groups is 1. The van der Waals surface area contributed by atoms with Crippen LogP contribution in [0.5, 0.6) is 0 Å². The predicted octanol–water partition coefficient (Wildman–Crippen LogP) is 1.22. The highest BCUT2D eigenvalue weighted by molar-refractivity contribution is 5.95. The molecule has 114 valence electrons. The highest BCUT2D eigenvalue weighted by atomic mass is 19.1. The second-order valence-corrected chi connectivity index (χ2v) is 4.41. The highest BCUT2D eigenvalue weighted by Crippen LogP contribution is 2.25. The van der Waals surface area contributed by atoms with Crippen molar-refractivity contribution >= 4 is 11.5 Å². The Hall–Kier alpha value is -3.07. The number of nitrogens with two attached hydrogens (primary N) is 2. The maximum atomic E-state index is 13.9. The lowest BCUT2D eigenvalue weighted by molar-refractivity contribution is -0.385. The van der Waals surface area contributed by atoms with Gasteiger partial charge in [0.05, 0.1) is 11.0 Å². The number of aromatic nitrogens is 1. The Balaban J connectivity index is 2.33. The van der Waals surface area contributed by atoms with Gasteiger partial charge in [0.1, 0.15) is 11.5 Å². The molecule has 4 N–H and O–H groups in total. The normalized spacial score (nSPS) is 11.3. The van der Waals surface area contributed by atoms with E-state index in [0.29, 0.717) is 11.3 Å². The van der Waals surface area contributed by atoms with E-state index < -0.39 is 10.7 Å². The molecule has 0 atom stereocenters. The van der Waals surface area contributed by atoms with Gasteiger partial charge in [-0.25, -0.2) is 15.4 Å². The molecule has 0 saturated heterocycles. The number of nitro groups is 1. The summed E-state index contributed by atoms with van der Waals surface area (Å²) in [5.41, 5.74) is 6.42. The fourth-order valence-electron chi connectivity index (χ4n) is 1.78. The summed E-state index contributed by atoms with van der Waals surface area (Å²) in [5.74, 6) is 4.75. The third-order valence-electron chi connectivity index (χ3n) is 2.77. The molecule has 0 unspecified atom stereocenters. The van der Waals surface area contributed by atoms with Gasteiger partial charge in [0.2, 0.25) is 0 Å². The van der Waals surface area contributed by atoms with E-state index in [1.807, 2.05) is 0 Å². The van der Waals surface area contributed by atoms with E-state index in [4.69, 9.17) is 11.6 Å². The molecule has 22 heavy (non-hydrogen) atoms. The molecular formula is C13H13FN6O2. The van der Waals surface area contributed by atoms with Gasteiger partial charge in [-0.05, 0) is 12.1 Å². The number of hydrogen-bond acceptors (Lipinski definition) is 6. The van der Waals surface area contributed by atoms with Crippen molar-refractivity contribution in [2.75, 3.05) is 7.05 Å². The van der Waals surface area contributed by atoms with Crippen molar-refractivity contribution in [3.8, 4) is 11.1 Å². The number of benzene rings is 1. The van der Waals surface area contributed by atoms with Crippen LogP contribution in [0.25, 0.3) is 11.1 Å². The maximum absolute atomic E-state index is 13.9. The van der Waals surface area contributed by atoms with Gasteiger partial charge in [-0.2, -0.15) is 0 Å². The molecule has 9 heteroatoms. The van der Waals surface area contributed by atoms with Crippen LogP contribution in [0.15, 0.2) is 41.6 Å². The largest absolute Gasteiger partial charge is 0.380 e. The first kappa shape index (κ1) is 15.3. The van der Waals surface area contributed by atoms with Crippen LogP contribution in [0.4, 0.5) is 10.1 Å². The lowest BCUT2D eigenvalue weighted by Crippen LogP contribution is -2.26. The van der Waals surface area contributed by atoms with E-state index in [1.165, 1.54) is 25.4 Å². The zero-order chi connectivity index (χ0) is 16.3. The number of hydrazine groups is 1. The summed E-state index contributed by atoms with van der Waals surface area (Å²) in [6.07, 6.45) is 1.40. The monoisotopic (exact) mass is 304 g/mol. The number of nitro benzene ring substituents is 1. The van der Waals surface area contributed by atoms with Crippen LogP contribution in [-0.4, -0.2) is 27.9 Å². The molecule has 0 aliphatic heterocycles. The third kappa shape index (κ3) is 3.33. The molecule has 1 aromatic carbocycles. The zero-order valence-corrected chi connectivity index (χ0v) is 11.6. The van der Waals surface area contributed by atoms with E-state index in [2.05, 4.69) is 10.1 Å². The van der Waals surface area contributed by atoms with E-state index in [0.717, 1.165) is 11.2 Å². The number of hydrazone groups is 1. The lowest BCUT2D eigenvalue weighted by Gasteiger charge is -2.07. The van der Waals surface area contributed by atoms with Crippen LogP contribution >= 0.6 is 0 Å². The maximum Gasteiger partial charge on any atom is 0.272 e. The minimum absolute atomic E-state index is 0.112. The Morgan fingerprint density at radius 2 is 2.14 bits per heavy atom. The minimum atomic E-state index is -0.702. The van der Waals surface area contributed by atoms with Crippen LogP contribution in [0.1, 0.15) is 5.69 Å². The number of rotatable bonds is 4. The third-order valence-corrected chi connectivity index (χ3v) is 2.77. The Kier molecular flexibility index (Phi) is 4.28. The van der Waals surface area contributed by atoms with Crippen molar-refractivity contribution in [1.82, 2.24) is 10.1 Å². The summed E-state index contributed by atoms with van der Waals surface area (Å²) >= 11 is 0. The van der Waals surface area contributed by atoms with E-state index in [9.17, 15) is 14.5 Å². The molecule has 0 radical (unpaired) electrons. The van der Waals surface area contributed by atoms with E-state index >= 15 is 0 Å². The summed E-state index contributed by atoms with van der Waals surface area (Å²) in [5, 5.41) is 15.4. The fourth-order valence-corrected chi connectivity index (χ4v) is 1.78. The Bertz CT molecular complexity index is 730. The predicted molar refractivity (Wildman–Crippen MR) is 79.0 cm³/mol. The molecule has 0 aliphatic rings. The molecule has 0 spiro atoms. The summed E-state index contributed by atoms with van der Waals surface area (Å²) in [6.45, 7) is 0. The molecule has 1 aromatic heterocycles. The van der Waals surface area contributed by atoms with Crippen LogP contribution in [0, 0.1) is 15.9 Å². The average Bonchev–Trinajstić information content (AvgIpc) is 2.46. The van der Waals surface area contributed by atoms with Gasteiger partial charge in [0.15, 0.2) is 5.84 Å². The van der Waals surface area contributed by atoms with Crippen molar-refractivity contribution in [3.63, 3.8) is 0 Å². The molecule has 2 aromatic rings. The first-order valence-corrected chi connectivity index (χ1v) is 6.11. The standard InChI is InChI=1S/C13H13FN6O2/c1-19(16)18-13(15)12-5-2-8(7-17-12)10-4-3-9(20(21)22)6-11(10)14/h2-7H,16H2,1H3,(H2,15,18). The summed E-state index contributed by atoms with van der Waals surface area (Å²) < 4.78 is 13.9. The molecule has 0 aliphatic carbocycles. The topological polar surface area (TPSA) is 124 Å². The van der Waals surface area contributed by atoms with Crippen LogP contribution < -0.4 is 11.6 Å². The number of pyridine rings is 1. The van der Waals surface area contributed by atoms with Gasteiger partial charge < -0.3 is 5.73 Å². The van der Waals surface area contributed by atoms with Gasteiger partial charge in [-0.1, -0.05) is 6.07 Å². The Morgan fingerprint density at radius 3 is 2.64 bits per heavy atom. The van der Waals surface area contributed by atoms with Crippen LogP contribution in [-0.2, 0) is 0 Å². The Morgan fingerprint density at radius 1 is 1.41 bits per heavy atom. The zero-order valence-electron chi connectivity index (χ0n) is 11.6. The van der Waals surface area contributed by atoms with Crippen molar-refractivity contribution in [3.05, 3.63) is 58.2 Å². The van der Waals surface area contributed by atoms with Gasteiger partial charge >= 0.3 is 0 Å². The van der Waals surface area contributed by atoms with E-state index in [1.54, 1.807) is 12.1 Å². The van der Waals surface area contributed by atoms with Crippen molar-refractivity contribution in [1.29, 1.82) is 0 Å². The van der Waals surface area contributed by atoms with Gasteiger partial charge in [-0.3, -0.25) is 15.1 Å². The number of hydrogen-bond donors (Lipinski definition) is 2. The van der Waals surface area contributed by atoms with Crippen molar-refractivity contribution < 1.29 is 9.31 Å².